The molecule has 0 aliphatic heterocycles. The second-order valence-electron chi connectivity index (χ2n) is 4.23. The van der Waals surface area contributed by atoms with Gasteiger partial charge in [0.05, 0.1) is 21.7 Å². The highest BCUT2D eigenvalue weighted by molar-refractivity contribution is 9.10. The van der Waals surface area contributed by atoms with Gasteiger partial charge in [0, 0.05) is 16.6 Å². The van der Waals surface area contributed by atoms with Gasteiger partial charge in [-0.3, -0.25) is 14.9 Å². The van der Waals surface area contributed by atoms with Crippen LogP contribution in [0.2, 0.25) is 0 Å². The Hall–Kier alpha value is -2.74. The molecule has 0 atom stereocenters. The molecule has 8 heteroatoms. The third-order valence-electron chi connectivity index (χ3n) is 2.81. The first-order valence-corrected chi connectivity index (χ1v) is 6.77. The number of carboxylic acids is 1. The number of carbonyl (C=O) groups excluding carboxylic acids is 1. The summed E-state index contributed by atoms with van der Waals surface area (Å²) in [5, 5.41) is 22.4. The molecule has 0 fully saturated rings. The summed E-state index contributed by atoms with van der Waals surface area (Å²) in [5.74, 6) is -2.08. The summed E-state index contributed by atoms with van der Waals surface area (Å²) < 4.78 is 0.602. The van der Waals surface area contributed by atoms with Crippen LogP contribution < -0.4 is 5.32 Å². The SMILES string of the molecule is O=C(O)c1ccc([N+](=O)[O-])cc1C(=O)Nc1ccccc1Br. The quantitative estimate of drug-likeness (QED) is 0.638. The first-order valence-electron chi connectivity index (χ1n) is 5.97. The minimum absolute atomic E-state index is 0.280. The summed E-state index contributed by atoms with van der Waals surface area (Å²) in [6.45, 7) is 0. The van der Waals surface area contributed by atoms with E-state index >= 15 is 0 Å². The maximum absolute atomic E-state index is 12.2. The van der Waals surface area contributed by atoms with Crippen LogP contribution in [-0.4, -0.2) is 21.9 Å². The summed E-state index contributed by atoms with van der Waals surface area (Å²) in [7, 11) is 0. The summed E-state index contributed by atoms with van der Waals surface area (Å²) in [6.07, 6.45) is 0. The number of benzene rings is 2. The second kappa shape index (κ2) is 6.35. The third kappa shape index (κ3) is 3.29. The van der Waals surface area contributed by atoms with Crippen molar-refractivity contribution in [3.8, 4) is 0 Å². The number of amides is 1. The van der Waals surface area contributed by atoms with E-state index in [9.17, 15) is 19.7 Å². The summed E-state index contributed by atoms with van der Waals surface area (Å²) in [6, 6.07) is 9.76. The van der Waals surface area contributed by atoms with Crippen LogP contribution in [0.25, 0.3) is 0 Å². The average Bonchev–Trinajstić information content (AvgIpc) is 2.48. The number of nitrogens with zero attached hydrogens (tertiary/aromatic N) is 1. The minimum Gasteiger partial charge on any atom is -0.478 e. The van der Waals surface area contributed by atoms with Crippen LogP contribution in [-0.2, 0) is 0 Å². The zero-order valence-corrected chi connectivity index (χ0v) is 12.5. The van der Waals surface area contributed by atoms with E-state index in [4.69, 9.17) is 5.11 Å². The normalized spacial score (nSPS) is 10.0. The highest BCUT2D eigenvalue weighted by Crippen LogP contribution is 2.24. The van der Waals surface area contributed by atoms with E-state index in [2.05, 4.69) is 21.2 Å². The first-order chi connectivity index (χ1) is 10.4. The maximum atomic E-state index is 12.2. The van der Waals surface area contributed by atoms with E-state index in [1.165, 1.54) is 0 Å². The van der Waals surface area contributed by atoms with Crippen molar-refractivity contribution < 1.29 is 19.6 Å². The number of hydrogen-bond donors (Lipinski definition) is 2. The van der Waals surface area contributed by atoms with Gasteiger partial charge in [-0.15, -0.1) is 0 Å². The Morgan fingerprint density at radius 2 is 1.82 bits per heavy atom. The Bertz CT molecular complexity index is 776. The van der Waals surface area contributed by atoms with Crippen molar-refractivity contribution in [2.75, 3.05) is 5.32 Å². The molecule has 0 unspecified atom stereocenters. The van der Waals surface area contributed by atoms with Crippen molar-refractivity contribution >= 4 is 39.2 Å². The average molecular weight is 365 g/mol. The van der Waals surface area contributed by atoms with E-state index < -0.39 is 16.8 Å². The van der Waals surface area contributed by atoms with Crippen LogP contribution in [0, 0.1) is 10.1 Å². The third-order valence-corrected chi connectivity index (χ3v) is 3.50. The number of non-ortho nitro benzene ring substituents is 1. The Morgan fingerprint density at radius 1 is 1.14 bits per heavy atom. The van der Waals surface area contributed by atoms with Crippen molar-refractivity contribution in [1.82, 2.24) is 0 Å². The predicted octanol–water partition coefficient (Wildman–Crippen LogP) is 3.31. The fourth-order valence-electron chi connectivity index (χ4n) is 1.77. The molecule has 0 saturated heterocycles. The zero-order valence-electron chi connectivity index (χ0n) is 10.9. The van der Waals surface area contributed by atoms with Crippen LogP contribution >= 0.6 is 15.9 Å². The highest BCUT2D eigenvalue weighted by Gasteiger charge is 2.21. The largest absolute Gasteiger partial charge is 0.478 e. The Balaban J connectivity index is 2.43. The first kappa shape index (κ1) is 15.6. The molecule has 22 heavy (non-hydrogen) atoms. The molecule has 0 aromatic heterocycles. The molecular weight excluding hydrogens is 356 g/mol. The van der Waals surface area contributed by atoms with Crippen molar-refractivity contribution in [3.63, 3.8) is 0 Å². The van der Waals surface area contributed by atoms with Crippen LogP contribution in [0.4, 0.5) is 11.4 Å². The van der Waals surface area contributed by atoms with Gasteiger partial charge in [0.25, 0.3) is 11.6 Å². The number of nitrogens with one attached hydrogen (secondary N) is 1. The molecule has 2 aromatic rings. The molecule has 0 aliphatic carbocycles. The highest BCUT2D eigenvalue weighted by atomic mass is 79.9. The number of halogens is 1. The van der Waals surface area contributed by atoms with Gasteiger partial charge in [-0.1, -0.05) is 12.1 Å². The van der Waals surface area contributed by atoms with Crippen molar-refractivity contribution in [2.45, 2.75) is 0 Å². The lowest BCUT2D eigenvalue weighted by Gasteiger charge is -2.09. The van der Waals surface area contributed by atoms with Gasteiger partial charge in [-0.05, 0) is 34.1 Å². The number of anilines is 1. The lowest BCUT2D eigenvalue weighted by Crippen LogP contribution is -2.17. The van der Waals surface area contributed by atoms with Gasteiger partial charge in [0.2, 0.25) is 0 Å². The second-order valence-corrected chi connectivity index (χ2v) is 5.08. The number of rotatable bonds is 4. The predicted molar refractivity (Wildman–Crippen MR) is 82.2 cm³/mol. The van der Waals surface area contributed by atoms with Gasteiger partial charge >= 0.3 is 5.97 Å². The fraction of sp³-hybridized carbons (Fsp3) is 0. The molecule has 0 radical (unpaired) electrons. The number of nitro groups is 1. The van der Waals surface area contributed by atoms with Crippen LogP contribution in [0.1, 0.15) is 20.7 Å². The molecule has 0 heterocycles. The molecule has 112 valence electrons. The maximum Gasteiger partial charge on any atom is 0.336 e. The van der Waals surface area contributed by atoms with E-state index in [1.54, 1.807) is 24.3 Å². The molecule has 0 spiro atoms. The topological polar surface area (TPSA) is 110 Å². The van der Waals surface area contributed by atoms with Gasteiger partial charge < -0.3 is 10.4 Å². The molecule has 2 aromatic carbocycles. The zero-order chi connectivity index (χ0) is 16.3. The number of carbonyl (C=O) groups is 2. The van der Waals surface area contributed by atoms with Crippen LogP contribution in [0.3, 0.4) is 0 Å². The molecule has 0 saturated carbocycles. The van der Waals surface area contributed by atoms with Crippen molar-refractivity contribution in [2.24, 2.45) is 0 Å². The van der Waals surface area contributed by atoms with Crippen LogP contribution in [0.5, 0.6) is 0 Å². The molecule has 1 amide bonds. The number of hydrogen-bond acceptors (Lipinski definition) is 4. The smallest absolute Gasteiger partial charge is 0.336 e. The van der Waals surface area contributed by atoms with Gasteiger partial charge in [0.1, 0.15) is 0 Å². The Morgan fingerprint density at radius 3 is 2.41 bits per heavy atom. The lowest BCUT2D eigenvalue weighted by molar-refractivity contribution is -0.384. The van der Waals surface area contributed by atoms with E-state index in [0.29, 0.717) is 10.2 Å². The summed E-state index contributed by atoms with van der Waals surface area (Å²) >= 11 is 3.24. The summed E-state index contributed by atoms with van der Waals surface area (Å²) in [4.78, 5) is 33.5. The van der Waals surface area contributed by atoms with Gasteiger partial charge in [0.15, 0.2) is 0 Å². The Kier molecular flexibility index (Phi) is 4.52. The number of carboxylic acid groups (broad SMARTS) is 1. The van der Waals surface area contributed by atoms with Crippen molar-refractivity contribution in [1.29, 1.82) is 0 Å². The molecule has 2 N–H and O–H groups in total. The van der Waals surface area contributed by atoms with Gasteiger partial charge in [-0.2, -0.15) is 0 Å². The van der Waals surface area contributed by atoms with Crippen molar-refractivity contribution in [3.05, 3.63) is 68.2 Å². The molecule has 0 bridgehead atoms. The molecule has 7 nitrogen and oxygen atoms in total. The standard InChI is InChI=1S/C14H9BrN2O5/c15-11-3-1-2-4-12(11)16-13(18)10-7-8(17(21)22)5-6-9(10)14(19)20/h1-7H,(H,16,18)(H,19,20). The van der Waals surface area contributed by atoms with E-state index in [-0.39, 0.29) is 16.8 Å². The van der Waals surface area contributed by atoms with Gasteiger partial charge in [-0.25, -0.2) is 4.79 Å². The monoisotopic (exact) mass is 364 g/mol. The number of para-hydroxylation sites is 1. The molecule has 0 aliphatic rings. The molecule has 2 rings (SSSR count). The lowest BCUT2D eigenvalue weighted by atomic mass is 10.1. The minimum atomic E-state index is -1.34. The number of nitro benzene ring substituents is 1. The molecular formula is C14H9BrN2O5. The van der Waals surface area contributed by atoms with E-state index in [1.807, 2.05) is 0 Å². The van der Waals surface area contributed by atoms with Crippen LogP contribution in [0.15, 0.2) is 46.9 Å². The number of aromatic carboxylic acids is 1. The Labute approximate surface area is 132 Å². The van der Waals surface area contributed by atoms with E-state index in [0.717, 1.165) is 18.2 Å². The fourth-order valence-corrected chi connectivity index (χ4v) is 2.16. The summed E-state index contributed by atoms with van der Waals surface area (Å²) in [5.41, 5.74) is -0.523.